The van der Waals surface area contributed by atoms with Gasteiger partial charge in [-0.3, -0.25) is 4.79 Å². The lowest BCUT2D eigenvalue weighted by Crippen LogP contribution is -2.41. The minimum atomic E-state index is -4.03. The Balaban J connectivity index is 1.88. The lowest BCUT2D eigenvalue weighted by atomic mass is 10.2. The van der Waals surface area contributed by atoms with E-state index in [1.54, 1.807) is 13.1 Å². The molecule has 1 fully saturated rings. The van der Waals surface area contributed by atoms with Crippen LogP contribution in [0.15, 0.2) is 41.8 Å². The highest BCUT2D eigenvalue weighted by Gasteiger charge is 2.46. The summed E-state index contributed by atoms with van der Waals surface area (Å²) < 4.78 is 52.3. The molecule has 0 saturated carbocycles. The van der Waals surface area contributed by atoms with E-state index in [-0.39, 0.29) is 23.7 Å². The summed E-state index contributed by atoms with van der Waals surface area (Å²) in [4.78, 5) is 15.9. The van der Waals surface area contributed by atoms with Crippen LogP contribution in [0, 0.1) is 5.82 Å². The number of nitrogens with zero attached hydrogens (tertiary/aromatic N) is 3. The molecule has 1 saturated heterocycles. The van der Waals surface area contributed by atoms with Crippen molar-refractivity contribution in [3.05, 3.63) is 42.6 Å². The van der Waals surface area contributed by atoms with E-state index in [4.69, 9.17) is 9.47 Å². The zero-order valence-corrected chi connectivity index (χ0v) is 15.0. The molecule has 1 aromatic heterocycles. The quantitative estimate of drug-likeness (QED) is 0.714. The molecule has 2 aromatic rings. The molecule has 8 nitrogen and oxygen atoms in total. The average molecular weight is 383 g/mol. The minimum Gasteiger partial charge on any atom is -0.486 e. The molecule has 0 amide bonds. The number of ether oxygens (including phenoxy) is 2. The Morgan fingerprint density at radius 3 is 2.69 bits per heavy atom. The van der Waals surface area contributed by atoms with Crippen LogP contribution in [0.3, 0.4) is 0 Å². The molecule has 0 N–H and O–H groups in total. The predicted molar refractivity (Wildman–Crippen MR) is 88.3 cm³/mol. The van der Waals surface area contributed by atoms with E-state index in [2.05, 4.69) is 4.98 Å². The van der Waals surface area contributed by atoms with Crippen LogP contribution in [0.1, 0.15) is 6.42 Å². The van der Waals surface area contributed by atoms with E-state index in [1.807, 2.05) is 0 Å². The third-order valence-electron chi connectivity index (χ3n) is 4.08. The fraction of sp³-hybridized carbons (Fsp3) is 0.375. The van der Waals surface area contributed by atoms with Crippen molar-refractivity contribution >= 4 is 16.0 Å². The number of hydrogen-bond donors (Lipinski definition) is 0. The molecular formula is C16H18FN3O5S. The first kappa shape index (κ1) is 18.3. The van der Waals surface area contributed by atoms with Crippen LogP contribution in [0.4, 0.5) is 4.39 Å². The highest BCUT2D eigenvalue weighted by atomic mass is 32.2. The van der Waals surface area contributed by atoms with Crippen molar-refractivity contribution in [1.82, 2.24) is 13.9 Å². The Kier molecular flexibility index (Phi) is 4.97. The summed E-state index contributed by atoms with van der Waals surface area (Å²) in [7, 11) is -1.21. The number of imidazole rings is 1. The zero-order chi connectivity index (χ0) is 18.9. The first-order valence-corrected chi connectivity index (χ1v) is 9.25. The summed E-state index contributed by atoms with van der Waals surface area (Å²) in [6, 6.07) is 4.74. The number of benzene rings is 1. The Morgan fingerprint density at radius 1 is 1.35 bits per heavy atom. The van der Waals surface area contributed by atoms with Crippen LogP contribution in [0.5, 0.6) is 5.75 Å². The second-order valence-corrected chi connectivity index (χ2v) is 7.73. The molecule has 26 heavy (non-hydrogen) atoms. The molecule has 140 valence electrons. The maximum atomic E-state index is 13.8. The molecule has 0 unspecified atom stereocenters. The number of esters is 1. The van der Waals surface area contributed by atoms with Crippen molar-refractivity contribution in [2.24, 2.45) is 7.05 Å². The van der Waals surface area contributed by atoms with E-state index in [0.717, 1.165) is 4.31 Å². The van der Waals surface area contributed by atoms with Gasteiger partial charge in [0.25, 0.3) is 10.0 Å². The SMILES string of the molecule is COC(=O)[C@H]1C[C@@H](Oc2ccccc2F)CN1S(=O)(=O)c1cn(C)cn1. The first-order chi connectivity index (χ1) is 12.3. The van der Waals surface area contributed by atoms with E-state index < -0.39 is 34.0 Å². The molecule has 2 atom stereocenters. The number of aromatic nitrogens is 2. The standard InChI is InChI=1S/C16H18FN3O5S/c1-19-9-15(18-10-19)26(22,23)20-8-11(7-13(20)16(21)24-2)25-14-6-4-3-5-12(14)17/h3-6,9-11,13H,7-8H2,1-2H3/t11-,13-/m1/s1. The van der Waals surface area contributed by atoms with Crippen molar-refractivity contribution in [3.63, 3.8) is 0 Å². The molecule has 1 aliphatic heterocycles. The lowest BCUT2D eigenvalue weighted by Gasteiger charge is -2.20. The molecular weight excluding hydrogens is 365 g/mol. The van der Waals surface area contributed by atoms with Crippen LogP contribution in [-0.4, -0.2) is 54.0 Å². The van der Waals surface area contributed by atoms with Gasteiger partial charge in [0.05, 0.1) is 20.0 Å². The first-order valence-electron chi connectivity index (χ1n) is 7.81. The van der Waals surface area contributed by atoms with Gasteiger partial charge in [-0.2, -0.15) is 4.31 Å². The van der Waals surface area contributed by atoms with Gasteiger partial charge in [-0.15, -0.1) is 0 Å². The number of para-hydroxylation sites is 1. The molecule has 0 radical (unpaired) electrons. The Bertz CT molecular complexity index is 914. The smallest absolute Gasteiger partial charge is 0.324 e. The topological polar surface area (TPSA) is 90.7 Å². The van der Waals surface area contributed by atoms with Crippen molar-refractivity contribution in [2.75, 3.05) is 13.7 Å². The monoisotopic (exact) mass is 383 g/mol. The molecule has 10 heteroatoms. The predicted octanol–water partition coefficient (Wildman–Crippen LogP) is 0.943. The number of hydrogen-bond acceptors (Lipinski definition) is 6. The van der Waals surface area contributed by atoms with Gasteiger partial charge in [0.2, 0.25) is 0 Å². The number of sulfonamides is 1. The maximum Gasteiger partial charge on any atom is 0.324 e. The molecule has 0 aliphatic carbocycles. The van der Waals surface area contributed by atoms with Crippen molar-refractivity contribution in [2.45, 2.75) is 23.6 Å². The van der Waals surface area contributed by atoms with Gasteiger partial charge in [-0.1, -0.05) is 12.1 Å². The molecule has 1 aliphatic rings. The largest absolute Gasteiger partial charge is 0.486 e. The van der Waals surface area contributed by atoms with Crippen LogP contribution in [0.25, 0.3) is 0 Å². The molecule has 1 aromatic carbocycles. The number of rotatable bonds is 5. The van der Waals surface area contributed by atoms with Gasteiger partial charge in [0.1, 0.15) is 12.1 Å². The Morgan fingerprint density at radius 2 is 2.08 bits per heavy atom. The number of carbonyl (C=O) groups is 1. The van der Waals surface area contributed by atoms with Crippen LogP contribution in [-0.2, 0) is 26.6 Å². The van der Waals surface area contributed by atoms with Gasteiger partial charge in [0, 0.05) is 19.7 Å². The van der Waals surface area contributed by atoms with E-state index >= 15 is 0 Å². The molecule has 0 spiro atoms. The fourth-order valence-corrected chi connectivity index (χ4v) is 4.42. The maximum absolute atomic E-state index is 13.8. The number of aryl methyl sites for hydroxylation is 1. The van der Waals surface area contributed by atoms with Crippen molar-refractivity contribution in [3.8, 4) is 5.75 Å². The minimum absolute atomic E-state index is 0.00167. The van der Waals surface area contributed by atoms with E-state index in [0.29, 0.717) is 0 Å². The van der Waals surface area contributed by atoms with Crippen LogP contribution in [0.2, 0.25) is 0 Å². The normalized spacial score (nSPS) is 20.9. The van der Waals surface area contributed by atoms with Crippen molar-refractivity contribution in [1.29, 1.82) is 0 Å². The highest BCUT2D eigenvalue weighted by molar-refractivity contribution is 7.89. The van der Waals surface area contributed by atoms with Gasteiger partial charge in [-0.05, 0) is 12.1 Å². The Labute approximate surface area is 150 Å². The number of carbonyl (C=O) groups excluding carboxylic acids is 1. The van der Waals surface area contributed by atoms with Gasteiger partial charge < -0.3 is 14.0 Å². The highest BCUT2D eigenvalue weighted by Crippen LogP contribution is 2.29. The lowest BCUT2D eigenvalue weighted by molar-refractivity contribution is -0.144. The zero-order valence-electron chi connectivity index (χ0n) is 14.2. The summed E-state index contributed by atoms with van der Waals surface area (Å²) in [6.07, 6.45) is 2.04. The number of halogens is 1. The second kappa shape index (κ2) is 7.04. The molecule has 3 rings (SSSR count). The third kappa shape index (κ3) is 3.42. The summed E-state index contributed by atoms with van der Waals surface area (Å²) in [5, 5.41) is -0.180. The second-order valence-electron chi connectivity index (χ2n) is 5.90. The molecule has 0 bridgehead atoms. The van der Waals surface area contributed by atoms with Gasteiger partial charge >= 0.3 is 5.97 Å². The van der Waals surface area contributed by atoms with Crippen LogP contribution >= 0.6 is 0 Å². The fourth-order valence-electron chi connectivity index (χ4n) is 2.83. The van der Waals surface area contributed by atoms with Gasteiger partial charge in [0.15, 0.2) is 16.6 Å². The van der Waals surface area contributed by atoms with Gasteiger partial charge in [-0.25, -0.2) is 17.8 Å². The summed E-state index contributed by atoms with van der Waals surface area (Å²) in [5.74, 6) is -1.27. The summed E-state index contributed by atoms with van der Waals surface area (Å²) in [6.45, 7) is -0.118. The van der Waals surface area contributed by atoms with Crippen LogP contribution < -0.4 is 4.74 Å². The summed E-state index contributed by atoms with van der Waals surface area (Å²) >= 11 is 0. The summed E-state index contributed by atoms with van der Waals surface area (Å²) in [5.41, 5.74) is 0. The van der Waals surface area contributed by atoms with E-state index in [9.17, 15) is 17.6 Å². The van der Waals surface area contributed by atoms with Crippen molar-refractivity contribution < 1.29 is 27.1 Å². The third-order valence-corrected chi connectivity index (χ3v) is 5.84. The number of methoxy groups -OCH3 is 1. The average Bonchev–Trinajstić information content (AvgIpc) is 3.23. The molecule has 2 heterocycles. The Hall–Kier alpha value is -2.46. The van der Waals surface area contributed by atoms with E-state index in [1.165, 1.54) is 42.4 Å².